The molecule has 2 heterocycles. The molecule has 0 aliphatic rings. The van der Waals surface area contributed by atoms with Gasteiger partial charge < -0.3 is 15.4 Å². The number of amides is 1. The summed E-state index contributed by atoms with van der Waals surface area (Å²) in [5.74, 6) is 0.410. The topological polar surface area (TPSA) is 76.1 Å². The van der Waals surface area contributed by atoms with Gasteiger partial charge in [-0.05, 0) is 35.9 Å². The molecular formula is C19H18N4O2. The van der Waals surface area contributed by atoms with E-state index in [9.17, 15) is 4.79 Å². The molecule has 3 rings (SSSR count). The molecule has 25 heavy (non-hydrogen) atoms. The maximum atomic E-state index is 12.3. The van der Waals surface area contributed by atoms with Crippen molar-refractivity contribution >= 4 is 17.3 Å². The van der Waals surface area contributed by atoms with Gasteiger partial charge in [0, 0.05) is 30.7 Å². The van der Waals surface area contributed by atoms with Gasteiger partial charge in [0.05, 0.1) is 19.0 Å². The number of methoxy groups -OCH3 is 1. The molecule has 2 N–H and O–H groups in total. The molecule has 0 radical (unpaired) electrons. The molecule has 0 atom stereocenters. The van der Waals surface area contributed by atoms with Crippen molar-refractivity contribution in [3.05, 3.63) is 78.4 Å². The maximum absolute atomic E-state index is 12.3. The summed E-state index contributed by atoms with van der Waals surface area (Å²) in [6.45, 7) is 0.644. The summed E-state index contributed by atoms with van der Waals surface area (Å²) >= 11 is 0. The van der Waals surface area contributed by atoms with Crippen LogP contribution in [0.3, 0.4) is 0 Å². The van der Waals surface area contributed by atoms with Gasteiger partial charge in [0.15, 0.2) is 0 Å². The Morgan fingerprint density at radius 2 is 2.00 bits per heavy atom. The van der Waals surface area contributed by atoms with Crippen LogP contribution < -0.4 is 15.4 Å². The second-order valence-electron chi connectivity index (χ2n) is 5.33. The van der Waals surface area contributed by atoms with Gasteiger partial charge in [-0.25, -0.2) is 4.98 Å². The molecule has 0 aliphatic heterocycles. The van der Waals surface area contributed by atoms with Gasteiger partial charge in [-0.2, -0.15) is 0 Å². The minimum atomic E-state index is -0.271. The number of hydrogen-bond donors (Lipinski definition) is 2. The minimum Gasteiger partial charge on any atom is -0.497 e. The molecular weight excluding hydrogens is 316 g/mol. The molecule has 0 saturated heterocycles. The first-order valence-electron chi connectivity index (χ1n) is 7.79. The molecule has 0 unspecified atom stereocenters. The van der Waals surface area contributed by atoms with Crippen molar-refractivity contribution in [2.24, 2.45) is 0 Å². The summed E-state index contributed by atoms with van der Waals surface area (Å²) < 4.78 is 5.14. The molecule has 0 aliphatic carbocycles. The summed E-state index contributed by atoms with van der Waals surface area (Å²) in [7, 11) is 1.58. The SMILES string of the molecule is COc1cccc(NC(=O)c2ccc(NCc3cccnc3)cn2)c1. The fourth-order valence-electron chi connectivity index (χ4n) is 2.24. The van der Waals surface area contributed by atoms with Gasteiger partial charge >= 0.3 is 0 Å². The van der Waals surface area contributed by atoms with Crippen LogP contribution in [0.5, 0.6) is 5.75 Å². The second kappa shape index (κ2) is 7.92. The van der Waals surface area contributed by atoms with Crippen LogP contribution >= 0.6 is 0 Å². The Bertz CT molecular complexity index is 836. The Morgan fingerprint density at radius 3 is 2.72 bits per heavy atom. The van der Waals surface area contributed by atoms with E-state index in [1.54, 1.807) is 43.9 Å². The van der Waals surface area contributed by atoms with Gasteiger partial charge in [0.2, 0.25) is 0 Å². The number of nitrogens with one attached hydrogen (secondary N) is 2. The third-order valence-electron chi connectivity index (χ3n) is 3.54. The van der Waals surface area contributed by atoms with Gasteiger partial charge in [-0.15, -0.1) is 0 Å². The van der Waals surface area contributed by atoms with E-state index in [4.69, 9.17) is 4.74 Å². The third-order valence-corrected chi connectivity index (χ3v) is 3.54. The summed E-state index contributed by atoms with van der Waals surface area (Å²) in [5, 5.41) is 6.04. The molecule has 1 aromatic carbocycles. The molecule has 0 fully saturated rings. The van der Waals surface area contributed by atoms with Gasteiger partial charge in [-0.3, -0.25) is 9.78 Å². The van der Waals surface area contributed by atoms with Crippen molar-refractivity contribution in [3.63, 3.8) is 0 Å². The fraction of sp³-hybridized carbons (Fsp3) is 0.105. The first-order valence-corrected chi connectivity index (χ1v) is 7.79. The highest BCUT2D eigenvalue weighted by molar-refractivity contribution is 6.03. The molecule has 0 saturated carbocycles. The Kier molecular flexibility index (Phi) is 5.21. The first-order chi connectivity index (χ1) is 12.2. The largest absolute Gasteiger partial charge is 0.497 e. The van der Waals surface area contributed by atoms with Gasteiger partial charge in [0.25, 0.3) is 5.91 Å². The molecule has 3 aromatic rings. The predicted octanol–water partition coefficient (Wildman–Crippen LogP) is 3.35. The number of pyridine rings is 2. The van der Waals surface area contributed by atoms with Gasteiger partial charge in [0.1, 0.15) is 11.4 Å². The van der Waals surface area contributed by atoms with Crippen molar-refractivity contribution in [2.45, 2.75) is 6.54 Å². The van der Waals surface area contributed by atoms with Crippen LogP contribution in [-0.2, 0) is 6.54 Å². The van der Waals surface area contributed by atoms with Crippen molar-refractivity contribution in [2.75, 3.05) is 17.7 Å². The minimum absolute atomic E-state index is 0.271. The number of rotatable bonds is 6. The predicted molar refractivity (Wildman–Crippen MR) is 96.7 cm³/mol. The highest BCUT2D eigenvalue weighted by Gasteiger charge is 2.08. The number of ether oxygens (including phenoxy) is 1. The summed E-state index contributed by atoms with van der Waals surface area (Å²) in [6.07, 6.45) is 5.17. The van der Waals surface area contributed by atoms with E-state index >= 15 is 0 Å². The third kappa shape index (κ3) is 4.54. The molecule has 2 aromatic heterocycles. The first kappa shape index (κ1) is 16.4. The highest BCUT2D eigenvalue weighted by Crippen LogP contribution is 2.17. The number of carbonyl (C=O) groups is 1. The normalized spacial score (nSPS) is 10.1. The standard InChI is InChI=1S/C19H18N4O2/c1-25-17-6-2-5-15(10-17)23-19(24)18-8-7-16(13-22-18)21-12-14-4-3-9-20-11-14/h2-11,13,21H,12H2,1H3,(H,23,24). The Hall–Kier alpha value is -3.41. The van der Waals surface area contributed by atoms with E-state index in [1.807, 2.05) is 30.3 Å². The van der Waals surface area contributed by atoms with Crippen LogP contribution in [0.25, 0.3) is 0 Å². The Labute approximate surface area is 145 Å². The zero-order valence-electron chi connectivity index (χ0n) is 13.8. The molecule has 6 nitrogen and oxygen atoms in total. The number of hydrogen-bond acceptors (Lipinski definition) is 5. The van der Waals surface area contributed by atoms with Crippen molar-refractivity contribution in [3.8, 4) is 5.75 Å². The van der Waals surface area contributed by atoms with Crippen LogP contribution in [-0.4, -0.2) is 23.0 Å². The van der Waals surface area contributed by atoms with Crippen LogP contribution in [0.1, 0.15) is 16.1 Å². The molecule has 1 amide bonds. The number of anilines is 2. The summed E-state index contributed by atoms with van der Waals surface area (Å²) in [5.41, 5.74) is 2.91. The zero-order valence-corrected chi connectivity index (χ0v) is 13.8. The maximum Gasteiger partial charge on any atom is 0.274 e. The van der Waals surface area contributed by atoms with Crippen molar-refractivity contribution in [1.82, 2.24) is 9.97 Å². The quantitative estimate of drug-likeness (QED) is 0.723. The van der Waals surface area contributed by atoms with Crippen LogP contribution in [0.4, 0.5) is 11.4 Å². The smallest absolute Gasteiger partial charge is 0.274 e. The lowest BCUT2D eigenvalue weighted by atomic mass is 10.2. The average Bonchev–Trinajstić information content (AvgIpc) is 2.67. The number of benzene rings is 1. The molecule has 126 valence electrons. The van der Waals surface area contributed by atoms with E-state index in [2.05, 4.69) is 20.6 Å². The number of nitrogens with zero attached hydrogens (tertiary/aromatic N) is 2. The van der Waals surface area contributed by atoms with E-state index < -0.39 is 0 Å². The number of aromatic nitrogens is 2. The summed E-state index contributed by atoms with van der Waals surface area (Å²) in [4.78, 5) is 20.5. The Balaban J connectivity index is 1.60. The molecule has 0 bridgehead atoms. The number of carbonyl (C=O) groups excluding carboxylic acids is 1. The molecule has 0 spiro atoms. The monoisotopic (exact) mass is 334 g/mol. The van der Waals surface area contributed by atoms with E-state index in [0.717, 1.165) is 11.3 Å². The van der Waals surface area contributed by atoms with E-state index in [1.165, 1.54) is 0 Å². The summed E-state index contributed by atoms with van der Waals surface area (Å²) in [6, 6.07) is 14.6. The lowest BCUT2D eigenvalue weighted by Gasteiger charge is -2.08. The van der Waals surface area contributed by atoms with Crippen molar-refractivity contribution < 1.29 is 9.53 Å². The Morgan fingerprint density at radius 1 is 1.08 bits per heavy atom. The lowest BCUT2D eigenvalue weighted by molar-refractivity contribution is 0.102. The van der Waals surface area contributed by atoms with E-state index in [0.29, 0.717) is 23.7 Å². The van der Waals surface area contributed by atoms with Crippen LogP contribution in [0.2, 0.25) is 0 Å². The van der Waals surface area contributed by atoms with Gasteiger partial charge in [-0.1, -0.05) is 12.1 Å². The second-order valence-corrected chi connectivity index (χ2v) is 5.33. The van der Waals surface area contributed by atoms with Crippen LogP contribution in [0.15, 0.2) is 67.1 Å². The highest BCUT2D eigenvalue weighted by atomic mass is 16.5. The zero-order chi connectivity index (χ0) is 17.5. The fourth-order valence-corrected chi connectivity index (χ4v) is 2.24. The van der Waals surface area contributed by atoms with Crippen molar-refractivity contribution in [1.29, 1.82) is 0 Å². The average molecular weight is 334 g/mol. The lowest BCUT2D eigenvalue weighted by Crippen LogP contribution is -2.13. The molecule has 6 heteroatoms. The van der Waals surface area contributed by atoms with Crippen LogP contribution in [0, 0.1) is 0 Å². The van der Waals surface area contributed by atoms with E-state index in [-0.39, 0.29) is 5.91 Å².